The highest BCUT2D eigenvalue weighted by atomic mass is 32.2. The van der Waals surface area contributed by atoms with Crippen LogP contribution >= 0.6 is 11.8 Å². The van der Waals surface area contributed by atoms with Gasteiger partial charge in [-0.1, -0.05) is 6.07 Å². The van der Waals surface area contributed by atoms with Crippen molar-refractivity contribution in [3.05, 3.63) is 30.1 Å². The molecule has 1 unspecified atom stereocenters. The van der Waals surface area contributed by atoms with E-state index in [1.807, 2.05) is 18.3 Å². The number of aryl methyl sites for hydroxylation is 1. The molecule has 0 aliphatic rings. The number of hydrogen-bond donors (Lipinski definition) is 2. The third kappa shape index (κ3) is 6.81. The van der Waals surface area contributed by atoms with Crippen LogP contribution in [-0.4, -0.2) is 39.5 Å². The summed E-state index contributed by atoms with van der Waals surface area (Å²) >= 11 is 1.68. The quantitative estimate of drug-likeness (QED) is 0.703. The SMILES string of the molecule is CC(=O)NC(CCSCCc1cccnc1)C(=O)O. The second-order valence-electron chi connectivity index (χ2n) is 4.10. The molecular weight excluding hydrogens is 264 g/mol. The number of carboxylic acids is 1. The summed E-state index contributed by atoms with van der Waals surface area (Å²) in [5.74, 6) is 0.325. The Hall–Kier alpha value is -1.56. The van der Waals surface area contributed by atoms with E-state index in [2.05, 4.69) is 10.3 Å². The minimum Gasteiger partial charge on any atom is -0.480 e. The lowest BCUT2D eigenvalue weighted by atomic mass is 10.2. The lowest BCUT2D eigenvalue weighted by Gasteiger charge is -2.12. The number of amides is 1. The Labute approximate surface area is 116 Å². The van der Waals surface area contributed by atoms with Crippen LogP contribution in [0.3, 0.4) is 0 Å². The fraction of sp³-hybridized carbons (Fsp3) is 0.462. The number of nitrogens with one attached hydrogen (secondary N) is 1. The molecule has 0 spiro atoms. The molecule has 1 amide bonds. The maximum atomic E-state index is 10.9. The molecule has 0 fully saturated rings. The van der Waals surface area contributed by atoms with Crippen molar-refractivity contribution in [2.45, 2.75) is 25.8 Å². The first-order valence-corrected chi connectivity index (χ1v) is 7.21. The molecule has 2 N–H and O–H groups in total. The van der Waals surface area contributed by atoms with E-state index < -0.39 is 12.0 Å². The summed E-state index contributed by atoms with van der Waals surface area (Å²) in [6, 6.07) is 3.13. The average molecular weight is 282 g/mol. The molecular formula is C13H18N2O3S. The molecule has 0 aliphatic carbocycles. The van der Waals surface area contributed by atoms with E-state index in [0.29, 0.717) is 12.2 Å². The highest BCUT2D eigenvalue weighted by Gasteiger charge is 2.17. The molecule has 1 heterocycles. The van der Waals surface area contributed by atoms with Gasteiger partial charge in [0.25, 0.3) is 0 Å². The predicted molar refractivity (Wildman–Crippen MR) is 75.1 cm³/mol. The van der Waals surface area contributed by atoms with E-state index in [4.69, 9.17) is 5.11 Å². The van der Waals surface area contributed by atoms with Gasteiger partial charge in [0.2, 0.25) is 5.91 Å². The van der Waals surface area contributed by atoms with Gasteiger partial charge in [0.05, 0.1) is 0 Å². The van der Waals surface area contributed by atoms with Gasteiger partial charge < -0.3 is 10.4 Å². The summed E-state index contributed by atoms with van der Waals surface area (Å²) in [6.45, 7) is 1.32. The molecule has 1 aromatic heterocycles. The first-order chi connectivity index (χ1) is 9.09. The highest BCUT2D eigenvalue weighted by Crippen LogP contribution is 2.09. The fourth-order valence-electron chi connectivity index (χ4n) is 1.54. The molecule has 0 aliphatic heterocycles. The molecule has 6 heteroatoms. The Morgan fingerprint density at radius 1 is 1.47 bits per heavy atom. The summed E-state index contributed by atoms with van der Waals surface area (Å²) < 4.78 is 0. The first kappa shape index (κ1) is 15.5. The van der Waals surface area contributed by atoms with Crippen molar-refractivity contribution in [3.63, 3.8) is 0 Å². The largest absolute Gasteiger partial charge is 0.480 e. The van der Waals surface area contributed by atoms with Gasteiger partial charge in [0, 0.05) is 19.3 Å². The van der Waals surface area contributed by atoms with E-state index in [0.717, 1.165) is 12.2 Å². The van der Waals surface area contributed by atoms with Crippen molar-refractivity contribution in [2.75, 3.05) is 11.5 Å². The number of carbonyl (C=O) groups excluding carboxylic acids is 1. The van der Waals surface area contributed by atoms with Crippen LogP contribution in [0.1, 0.15) is 18.9 Å². The fourth-order valence-corrected chi connectivity index (χ4v) is 2.53. The molecule has 5 nitrogen and oxygen atoms in total. The van der Waals surface area contributed by atoms with Gasteiger partial charge in [-0.15, -0.1) is 0 Å². The molecule has 19 heavy (non-hydrogen) atoms. The monoisotopic (exact) mass is 282 g/mol. The van der Waals surface area contributed by atoms with Crippen molar-refractivity contribution in [1.29, 1.82) is 0 Å². The van der Waals surface area contributed by atoms with Crippen LogP contribution in [0.15, 0.2) is 24.5 Å². The van der Waals surface area contributed by atoms with Crippen LogP contribution in [0.25, 0.3) is 0 Å². The van der Waals surface area contributed by atoms with E-state index in [9.17, 15) is 9.59 Å². The van der Waals surface area contributed by atoms with Crippen LogP contribution in [-0.2, 0) is 16.0 Å². The zero-order chi connectivity index (χ0) is 14.1. The second kappa shape index (κ2) is 8.53. The number of thioether (sulfide) groups is 1. The van der Waals surface area contributed by atoms with Crippen LogP contribution in [0.4, 0.5) is 0 Å². The Bertz CT molecular complexity index is 412. The number of carboxylic acid groups (broad SMARTS) is 1. The lowest BCUT2D eigenvalue weighted by Crippen LogP contribution is -2.39. The Morgan fingerprint density at radius 3 is 2.84 bits per heavy atom. The molecule has 1 aromatic rings. The van der Waals surface area contributed by atoms with Crippen molar-refractivity contribution in [2.24, 2.45) is 0 Å². The average Bonchev–Trinajstić information content (AvgIpc) is 2.37. The van der Waals surface area contributed by atoms with Crippen LogP contribution in [0.2, 0.25) is 0 Å². The zero-order valence-electron chi connectivity index (χ0n) is 10.8. The van der Waals surface area contributed by atoms with Crippen LogP contribution in [0.5, 0.6) is 0 Å². The lowest BCUT2D eigenvalue weighted by molar-refractivity contribution is -0.141. The summed E-state index contributed by atoms with van der Waals surface area (Å²) in [4.78, 5) is 25.8. The molecule has 0 bridgehead atoms. The molecule has 0 saturated carbocycles. The first-order valence-electron chi connectivity index (χ1n) is 6.06. The molecule has 0 aromatic carbocycles. The Kier molecular flexibility index (Phi) is 6.95. The minimum atomic E-state index is -0.983. The number of rotatable bonds is 8. The third-order valence-electron chi connectivity index (χ3n) is 2.48. The topological polar surface area (TPSA) is 79.3 Å². The van der Waals surface area contributed by atoms with E-state index in [-0.39, 0.29) is 5.91 Å². The van der Waals surface area contributed by atoms with Gasteiger partial charge in [-0.2, -0.15) is 11.8 Å². The van der Waals surface area contributed by atoms with Crippen molar-refractivity contribution < 1.29 is 14.7 Å². The van der Waals surface area contributed by atoms with Crippen LogP contribution < -0.4 is 5.32 Å². The van der Waals surface area contributed by atoms with E-state index in [1.165, 1.54) is 12.5 Å². The molecule has 1 atom stereocenters. The predicted octanol–water partition coefficient (Wildman–Crippen LogP) is 1.34. The Morgan fingerprint density at radius 2 is 2.26 bits per heavy atom. The molecule has 0 saturated heterocycles. The smallest absolute Gasteiger partial charge is 0.326 e. The van der Waals surface area contributed by atoms with Gasteiger partial charge in [-0.05, 0) is 36.0 Å². The number of pyridine rings is 1. The maximum Gasteiger partial charge on any atom is 0.326 e. The standard InChI is InChI=1S/C13H18N2O3S/c1-10(16)15-12(13(17)18)5-8-19-7-4-11-3-2-6-14-9-11/h2-3,6,9,12H,4-5,7-8H2,1H3,(H,15,16)(H,17,18). The number of carbonyl (C=O) groups is 2. The third-order valence-corrected chi connectivity index (χ3v) is 3.50. The van der Waals surface area contributed by atoms with Crippen molar-refractivity contribution in [3.8, 4) is 0 Å². The van der Waals surface area contributed by atoms with Crippen molar-refractivity contribution >= 4 is 23.6 Å². The van der Waals surface area contributed by atoms with Gasteiger partial charge in [-0.3, -0.25) is 9.78 Å². The van der Waals surface area contributed by atoms with Gasteiger partial charge in [0.15, 0.2) is 0 Å². The summed E-state index contributed by atoms with van der Waals surface area (Å²) in [7, 11) is 0. The minimum absolute atomic E-state index is 0.312. The molecule has 0 radical (unpaired) electrons. The van der Waals surface area contributed by atoms with Gasteiger partial charge in [0.1, 0.15) is 6.04 Å². The Balaban J connectivity index is 2.18. The van der Waals surface area contributed by atoms with Gasteiger partial charge >= 0.3 is 5.97 Å². The number of aromatic nitrogens is 1. The van der Waals surface area contributed by atoms with Crippen LogP contribution in [0, 0.1) is 0 Å². The number of aliphatic carboxylic acids is 1. The number of nitrogens with zero attached hydrogens (tertiary/aromatic N) is 1. The summed E-state index contributed by atoms with van der Waals surface area (Å²) in [5, 5.41) is 11.4. The summed E-state index contributed by atoms with van der Waals surface area (Å²) in [5.41, 5.74) is 1.17. The molecule has 1 rings (SSSR count). The molecule has 104 valence electrons. The summed E-state index contributed by atoms with van der Waals surface area (Å²) in [6.07, 6.45) is 4.92. The zero-order valence-corrected chi connectivity index (χ0v) is 11.7. The maximum absolute atomic E-state index is 10.9. The number of hydrogen-bond acceptors (Lipinski definition) is 4. The van der Waals surface area contributed by atoms with Crippen molar-refractivity contribution in [1.82, 2.24) is 10.3 Å². The normalized spacial score (nSPS) is 11.8. The second-order valence-corrected chi connectivity index (χ2v) is 5.33. The van der Waals surface area contributed by atoms with E-state index >= 15 is 0 Å². The van der Waals surface area contributed by atoms with E-state index in [1.54, 1.807) is 18.0 Å². The van der Waals surface area contributed by atoms with Gasteiger partial charge in [-0.25, -0.2) is 4.79 Å². The highest BCUT2D eigenvalue weighted by molar-refractivity contribution is 7.99.